The Morgan fingerprint density at radius 1 is 0.625 bits per heavy atom. The molecule has 4 heterocycles. The smallest absolute Gasteiger partial charge is 0.143 e. The van der Waals surface area contributed by atoms with E-state index in [4.69, 9.17) is 0 Å². The van der Waals surface area contributed by atoms with Gasteiger partial charge in [0.25, 0.3) is 0 Å². The second-order valence-corrected chi connectivity index (χ2v) is 8.31. The summed E-state index contributed by atoms with van der Waals surface area (Å²) in [6, 6.07) is 3.10. The minimum Gasteiger partial charge on any atom is -0.369 e. The lowest BCUT2D eigenvalue weighted by atomic mass is 10.3. The largest absolute Gasteiger partial charge is 0.369 e. The van der Waals surface area contributed by atoms with Crippen LogP contribution in [-0.4, -0.2) is 85.2 Å². The summed E-state index contributed by atoms with van der Waals surface area (Å²) in [5.41, 5.74) is 1.70. The van der Waals surface area contributed by atoms with Gasteiger partial charge < -0.3 is 9.80 Å². The molecule has 6 nitrogen and oxygen atoms in total. The Labute approximate surface area is 188 Å². The predicted octanol–water partition coefficient (Wildman–Crippen LogP) is 2.48. The molecule has 0 unspecified atom stereocenters. The van der Waals surface area contributed by atoms with E-state index < -0.39 is 0 Å². The summed E-state index contributed by atoms with van der Waals surface area (Å²) < 4.78 is 26.9. The van der Waals surface area contributed by atoms with Gasteiger partial charge in [-0.3, -0.25) is 19.8 Å². The van der Waals surface area contributed by atoms with Crippen LogP contribution in [0.1, 0.15) is 12.8 Å². The number of halogens is 2. The Morgan fingerprint density at radius 3 is 1.53 bits per heavy atom. The van der Waals surface area contributed by atoms with Gasteiger partial charge in [0.1, 0.15) is 11.6 Å². The number of anilines is 2. The summed E-state index contributed by atoms with van der Waals surface area (Å²) in [6.07, 6.45) is 7.98. The molecule has 2 aliphatic rings. The highest BCUT2D eigenvalue weighted by atomic mass is 19.1. The lowest BCUT2D eigenvalue weighted by Gasteiger charge is -2.22. The molecule has 32 heavy (non-hydrogen) atoms. The van der Waals surface area contributed by atoms with Crippen molar-refractivity contribution in [2.75, 3.05) is 75.2 Å². The van der Waals surface area contributed by atoms with Gasteiger partial charge in [0.05, 0.1) is 49.3 Å². The van der Waals surface area contributed by atoms with Gasteiger partial charge in [0, 0.05) is 64.5 Å². The molecule has 2 aliphatic heterocycles. The van der Waals surface area contributed by atoms with Gasteiger partial charge in [0.2, 0.25) is 0 Å². The van der Waals surface area contributed by atoms with Gasteiger partial charge in [0.15, 0.2) is 0 Å². The fourth-order valence-corrected chi connectivity index (χ4v) is 4.26. The third-order valence-corrected chi connectivity index (χ3v) is 6.02. The first kappa shape index (κ1) is 22.4. The number of pyridine rings is 2. The quantitative estimate of drug-likeness (QED) is 0.681. The van der Waals surface area contributed by atoms with Crippen molar-refractivity contribution in [2.24, 2.45) is 0 Å². The van der Waals surface area contributed by atoms with E-state index in [0.29, 0.717) is 0 Å². The van der Waals surface area contributed by atoms with Crippen molar-refractivity contribution in [3.05, 3.63) is 48.6 Å². The van der Waals surface area contributed by atoms with Crippen LogP contribution in [0.15, 0.2) is 36.9 Å². The lowest BCUT2D eigenvalue weighted by molar-refractivity contribution is 0.325. The summed E-state index contributed by atoms with van der Waals surface area (Å²) in [7, 11) is 0. The lowest BCUT2D eigenvalue weighted by Crippen LogP contribution is -2.32. The Hall–Kier alpha value is -2.76. The second kappa shape index (κ2) is 11.2. The van der Waals surface area contributed by atoms with Gasteiger partial charge in [-0.15, -0.1) is 0 Å². The first-order valence-corrected chi connectivity index (χ1v) is 11.3. The van der Waals surface area contributed by atoms with Crippen LogP contribution < -0.4 is 9.80 Å². The van der Waals surface area contributed by atoms with E-state index in [1.165, 1.54) is 12.4 Å². The number of hydrogen-bond donors (Lipinski definition) is 0. The summed E-state index contributed by atoms with van der Waals surface area (Å²) in [5, 5.41) is 0. The van der Waals surface area contributed by atoms with Crippen molar-refractivity contribution in [2.45, 2.75) is 12.8 Å². The number of rotatable bonds is 4. The van der Waals surface area contributed by atoms with Crippen LogP contribution in [0, 0.1) is 23.5 Å². The number of hydrogen-bond acceptors (Lipinski definition) is 6. The minimum absolute atomic E-state index is 0.293. The van der Waals surface area contributed by atoms with Crippen LogP contribution in [0.25, 0.3) is 0 Å². The molecule has 0 atom stereocenters. The van der Waals surface area contributed by atoms with Gasteiger partial charge >= 0.3 is 0 Å². The fraction of sp³-hybridized carbons (Fsp3) is 0.500. The molecular formula is C24H30F2N6. The first-order chi connectivity index (χ1) is 15.7. The van der Waals surface area contributed by atoms with E-state index in [0.717, 1.165) is 89.7 Å². The van der Waals surface area contributed by atoms with Crippen molar-refractivity contribution in [1.82, 2.24) is 19.8 Å². The van der Waals surface area contributed by atoms with Crippen LogP contribution >= 0.6 is 0 Å². The molecule has 8 heteroatoms. The minimum atomic E-state index is -0.293. The molecule has 0 amide bonds. The highest BCUT2D eigenvalue weighted by Gasteiger charge is 2.16. The molecule has 0 aromatic carbocycles. The molecule has 2 fully saturated rings. The van der Waals surface area contributed by atoms with Crippen LogP contribution in [0.2, 0.25) is 0 Å². The molecule has 2 aromatic heterocycles. The molecular weight excluding hydrogens is 410 g/mol. The molecule has 2 saturated heterocycles. The maximum absolute atomic E-state index is 13.5. The zero-order chi connectivity index (χ0) is 22.2. The van der Waals surface area contributed by atoms with E-state index in [9.17, 15) is 8.78 Å². The maximum Gasteiger partial charge on any atom is 0.143 e. The van der Waals surface area contributed by atoms with Crippen molar-refractivity contribution in [3.63, 3.8) is 0 Å². The van der Waals surface area contributed by atoms with Crippen LogP contribution in [0.5, 0.6) is 0 Å². The Bertz CT molecular complexity index is 870. The first-order valence-electron chi connectivity index (χ1n) is 11.3. The van der Waals surface area contributed by atoms with Crippen molar-refractivity contribution in [3.8, 4) is 11.8 Å². The third-order valence-electron chi connectivity index (χ3n) is 6.02. The molecule has 170 valence electrons. The van der Waals surface area contributed by atoms with E-state index in [1.54, 1.807) is 24.5 Å². The molecule has 0 aliphatic carbocycles. The van der Waals surface area contributed by atoms with E-state index in [1.807, 2.05) is 0 Å². The van der Waals surface area contributed by atoms with Gasteiger partial charge in [-0.25, -0.2) is 8.78 Å². The zero-order valence-electron chi connectivity index (χ0n) is 18.4. The summed E-state index contributed by atoms with van der Waals surface area (Å²) in [4.78, 5) is 17.0. The summed E-state index contributed by atoms with van der Waals surface area (Å²) in [5.74, 6) is 6.08. The zero-order valence-corrected chi connectivity index (χ0v) is 18.4. The van der Waals surface area contributed by atoms with Crippen LogP contribution in [0.3, 0.4) is 0 Å². The molecule has 2 aromatic rings. The summed E-state index contributed by atoms with van der Waals surface area (Å²) >= 11 is 0. The van der Waals surface area contributed by atoms with Crippen molar-refractivity contribution in [1.29, 1.82) is 0 Å². The van der Waals surface area contributed by atoms with Crippen molar-refractivity contribution >= 4 is 11.4 Å². The highest BCUT2D eigenvalue weighted by molar-refractivity contribution is 5.45. The molecule has 0 saturated carbocycles. The Balaban J connectivity index is 1.21. The molecule has 0 radical (unpaired) electrons. The maximum atomic E-state index is 13.5. The van der Waals surface area contributed by atoms with E-state index in [2.05, 4.69) is 41.4 Å². The van der Waals surface area contributed by atoms with E-state index in [-0.39, 0.29) is 11.6 Å². The normalized spacial score (nSPS) is 18.6. The highest BCUT2D eigenvalue weighted by Crippen LogP contribution is 2.17. The number of nitrogens with zero attached hydrogens (tertiary/aromatic N) is 6. The SMILES string of the molecule is Fc1cncc(N2CCCN(CC#CCN3CCCN(c4cncc(F)c4)CC3)CC2)c1. The average Bonchev–Trinajstić information content (AvgIpc) is 3.18. The van der Waals surface area contributed by atoms with Crippen molar-refractivity contribution < 1.29 is 8.78 Å². The standard InChI is InChI=1S/C24H30F2N6/c25-21-15-23(19-27-17-21)31-9-3-7-29(11-13-31)5-1-2-6-30-8-4-10-32(14-12-30)24-16-22(26)18-28-20-24/h15-20H,3-14H2. The fourth-order valence-electron chi connectivity index (χ4n) is 4.26. The topological polar surface area (TPSA) is 38.7 Å². The van der Waals surface area contributed by atoms with Gasteiger partial charge in [-0.05, 0) is 12.8 Å². The Kier molecular flexibility index (Phi) is 7.86. The molecule has 0 N–H and O–H groups in total. The van der Waals surface area contributed by atoms with Gasteiger partial charge in [-0.2, -0.15) is 0 Å². The number of aromatic nitrogens is 2. The monoisotopic (exact) mass is 440 g/mol. The average molecular weight is 441 g/mol. The van der Waals surface area contributed by atoms with Gasteiger partial charge in [-0.1, -0.05) is 11.8 Å². The predicted molar refractivity (Wildman–Crippen MR) is 123 cm³/mol. The van der Waals surface area contributed by atoms with Crippen LogP contribution in [-0.2, 0) is 0 Å². The third kappa shape index (κ3) is 6.38. The Morgan fingerprint density at radius 2 is 1.09 bits per heavy atom. The van der Waals surface area contributed by atoms with Crippen LogP contribution in [0.4, 0.5) is 20.2 Å². The molecule has 0 bridgehead atoms. The molecule has 4 rings (SSSR count). The second-order valence-electron chi connectivity index (χ2n) is 8.31. The van der Waals surface area contributed by atoms with E-state index >= 15 is 0 Å². The summed E-state index contributed by atoms with van der Waals surface area (Å²) in [6.45, 7) is 8.82. The molecule has 0 spiro atoms.